The van der Waals surface area contributed by atoms with Gasteiger partial charge in [-0.2, -0.15) is 0 Å². The van der Waals surface area contributed by atoms with E-state index in [0.29, 0.717) is 5.75 Å². The Bertz CT molecular complexity index is 464. The molecule has 2 N–H and O–H groups in total. The summed E-state index contributed by atoms with van der Waals surface area (Å²) in [4.78, 5) is 12.2. The van der Waals surface area contributed by atoms with Crippen LogP contribution in [0.5, 0.6) is 0 Å². The molecule has 0 aliphatic carbocycles. The Kier molecular flexibility index (Phi) is 5.66. The largest absolute Gasteiger partial charge is 0.481 e. The number of carbonyl (C=O) groups is 1. The van der Waals surface area contributed by atoms with Crippen molar-refractivity contribution in [2.24, 2.45) is 5.41 Å². The number of aliphatic carboxylic acids is 1. The van der Waals surface area contributed by atoms with Crippen LogP contribution in [-0.4, -0.2) is 22.4 Å². The third-order valence-corrected chi connectivity index (χ3v) is 4.35. The summed E-state index contributed by atoms with van der Waals surface area (Å²) < 4.78 is 0. The lowest BCUT2D eigenvalue weighted by atomic mass is 9.97. The van der Waals surface area contributed by atoms with Gasteiger partial charge in [-0.25, -0.2) is 0 Å². The van der Waals surface area contributed by atoms with Crippen LogP contribution in [-0.2, 0) is 11.3 Å². The Balaban J connectivity index is 2.62. The molecular weight excluding hydrogens is 270 g/mol. The molecule has 0 aromatic heterocycles. The second kappa shape index (κ2) is 6.64. The van der Waals surface area contributed by atoms with E-state index in [9.17, 15) is 4.79 Å². The zero-order chi connectivity index (χ0) is 15.4. The third-order valence-electron chi connectivity index (χ3n) is 2.90. The zero-order valence-electron chi connectivity index (χ0n) is 13.0. The molecule has 0 aliphatic heterocycles. The first-order valence-electron chi connectivity index (χ1n) is 6.80. The molecule has 4 heteroatoms. The fourth-order valence-electron chi connectivity index (χ4n) is 1.44. The number of thioether (sulfide) groups is 1. The van der Waals surface area contributed by atoms with Crippen LogP contribution in [0.1, 0.15) is 40.2 Å². The van der Waals surface area contributed by atoms with Gasteiger partial charge in [0.05, 0.1) is 5.41 Å². The van der Waals surface area contributed by atoms with Crippen molar-refractivity contribution >= 4 is 17.7 Å². The molecule has 0 unspecified atom stereocenters. The predicted molar refractivity (Wildman–Crippen MR) is 85.2 cm³/mol. The van der Waals surface area contributed by atoms with Gasteiger partial charge >= 0.3 is 5.97 Å². The van der Waals surface area contributed by atoms with Crippen molar-refractivity contribution in [1.82, 2.24) is 5.32 Å². The van der Waals surface area contributed by atoms with Crippen LogP contribution in [0.4, 0.5) is 0 Å². The first kappa shape index (κ1) is 17.1. The van der Waals surface area contributed by atoms with Crippen molar-refractivity contribution in [2.45, 2.75) is 51.6 Å². The average molecular weight is 295 g/mol. The van der Waals surface area contributed by atoms with Crippen LogP contribution in [0, 0.1) is 5.41 Å². The standard InChI is InChI=1S/C16H25NO2S/c1-15(2,3)17-10-12-7-6-8-13(9-12)20-11-16(4,5)14(18)19/h6-9,17H,10-11H2,1-5H3,(H,18,19). The molecule has 1 aromatic carbocycles. The van der Waals surface area contributed by atoms with Gasteiger partial charge in [0.2, 0.25) is 0 Å². The summed E-state index contributed by atoms with van der Waals surface area (Å²) in [6, 6.07) is 8.27. The summed E-state index contributed by atoms with van der Waals surface area (Å²) in [5.41, 5.74) is 0.608. The summed E-state index contributed by atoms with van der Waals surface area (Å²) in [5.74, 6) is -0.186. The van der Waals surface area contributed by atoms with Crippen LogP contribution < -0.4 is 5.32 Å². The van der Waals surface area contributed by atoms with E-state index >= 15 is 0 Å². The monoisotopic (exact) mass is 295 g/mol. The molecule has 112 valence electrons. The smallest absolute Gasteiger partial charge is 0.309 e. The first-order chi connectivity index (χ1) is 9.10. The van der Waals surface area contributed by atoms with Crippen molar-refractivity contribution in [3.8, 4) is 0 Å². The maximum absolute atomic E-state index is 11.1. The van der Waals surface area contributed by atoms with Crippen molar-refractivity contribution < 1.29 is 9.90 Å². The minimum absolute atomic E-state index is 0.0917. The number of hydrogen-bond acceptors (Lipinski definition) is 3. The van der Waals surface area contributed by atoms with E-state index in [1.807, 2.05) is 12.1 Å². The van der Waals surface area contributed by atoms with E-state index in [4.69, 9.17) is 5.11 Å². The molecular formula is C16H25NO2S. The van der Waals surface area contributed by atoms with E-state index in [-0.39, 0.29) is 5.54 Å². The van der Waals surface area contributed by atoms with Gasteiger partial charge in [-0.15, -0.1) is 11.8 Å². The number of carboxylic acid groups (broad SMARTS) is 1. The van der Waals surface area contributed by atoms with E-state index < -0.39 is 11.4 Å². The minimum atomic E-state index is -0.754. The van der Waals surface area contributed by atoms with E-state index in [1.54, 1.807) is 25.6 Å². The van der Waals surface area contributed by atoms with E-state index in [1.165, 1.54) is 5.56 Å². The Morgan fingerprint density at radius 3 is 2.45 bits per heavy atom. The van der Waals surface area contributed by atoms with E-state index in [2.05, 4.69) is 38.2 Å². The van der Waals surface area contributed by atoms with Gasteiger partial charge in [-0.3, -0.25) is 4.79 Å². The molecule has 0 spiro atoms. The lowest BCUT2D eigenvalue weighted by molar-refractivity contribution is -0.145. The molecule has 0 aliphatic rings. The molecule has 0 fully saturated rings. The summed E-state index contributed by atoms with van der Waals surface area (Å²) in [5, 5.41) is 12.6. The molecule has 1 rings (SSSR count). The summed E-state index contributed by atoms with van der Waals surface area (Å²) in [7, 11) is 0. The van der Waals surface area contributed by atoms with Gasteiger partial charge in [0, 0.05) is 22.7 Å². The van der Waals surface area contributed by atoms with Crippen LogP contribution in [0.2, 0.25) is 0 Å². The number of benzene rings is 1. The zero-order valence-corrected chi connectivity index (χ0v) is 13.8. The molecule has 1 aromatic rings. The molecule has 0 saturated carbocycles. The molecule has 0 bridgehead atoms. The maximum atomic E-state index is 11.1. The highest BCUT2D eigenvalue weighted by atomic mass is 32.2. The summed E-state index contributed by atoms with van der Waals surface area (Å²) >= 11 is 1.59. The molecule has 0 heterocycles. The molecule has 0 amide bonds. The van der Waals surface area contributed by atoms with E-state index in [0.717, 1.165) is 11.4 Å². The SMILES string of the molecule is CC(C)(C)NCc1cccc(SCC(C)(C)C(=O)O)c1. The molecule has 0 saturated heterocycles. The van der Waals surface area contributed by atoms with Gasteiger partial charge in [-0.05, 0) is 52.3 Å². The van der Waals surface area contributed by atoms with Gasteiger partial charge in [-0.1, -0.05) is 12.1 Å². The predicted octanol–water partition coefficient (Wildman–Crippen LogP) is 3.78. The molecule has 3 nitrogen and oxygen atoms in total. The summed E-state index contributed by atoms with van der Waals surface area (Å²) in [6.07, 6.45) is 0. The number of nitrogens with one attached hydrogen (secondary N) is 1. The first-order valence-corrected chi connectivity index (χ1v) is 7.79. The molecule has 20 heavy (non-hydrogen) atoms. The highest BCUT2D eigenvalue weighted by Crippen LogP contribution is 2.28. The number of rotatable bonds is 6. The van der Waals surface area contributed by atoms with Gasteiger partial charge in [0.25, 0.3) is 0 Å². The lowest BCUT2D eigenvalue weighted by Crippen LogP contribution is -2.35. The Labute approximate surface area is 126 Å². The number of carboxylic acids is 1. The molecule has 0 atom stereocenters. The minimum Gasteiger partial charge on any atom is -0.481 e. The van der Waals surface area contributed by atoms with Crippen LogP contribution in [0.25, 0.3) is 0 Å². The lowest BCUT2D eigenvalue weighted by Gasteiger charge is -2.21. The highest BCUT2D eigenvalue weighted by molar-refractivity contribution is 7.99. The number of hydrogen-bond donors (Lipinski definition) is 2. The quantitative estimate of drug-likeness (QED) is 0.784. The van der Waals surface area contributed by atoms with Crippen LogP contribution in [0.15, 0.2) is 29.2 Å². The maximum Gasteiger partial charge on any atom is 0.309 e. The highest BCUT2D eigenvalue weighted by Gasteiger charge is 2.27. The normalized spacial score (nSPS) is 12.4. The van der Waals surface area contributed by atoms with Crippen LogP contribution in [0.3, 0.4) is 0 Å². The second-order valence-corrected chi connectivity index (χ2v) is 7.78. The van der Waals surface area contributed by atoms with Gasteiger partial charge in [0.15, 0.2) is 0 Å². The fourth-order valence-corrected chi connectivity index (χ4v) is 2.50. The summed E-state index contributed by atoms with van der Waals surface area (Å²) in [6.45, 7) is 10.8. The Morgan fingerprint density at radius 1 is 1.25 bits per heavy atom. The Hall–Kier alpha value is -1.00. The second-order valence-electron chi connectivity index (χ2n) is 6.73. The van der Waals surface area contributed by atoms with Crippen molar-refractivity contribution in [3.05, 3.63) is 29.8 Å². The van der Waals surface area contributed by atoms with Gasteiger partial charge in [0.1, 0.15) is 0 Å². The molecule has 0 radical (unpaired) electrons. The van der Waals surface area contributed by atoms with Crippen molar-refractivity contribution in [2.75, 3.05) is 5.75 Å². The third kappa shape index (κ3) is 5.97. The fraction of sp³-hybridized carbons (Fsp3) is 0.562. The average Bonchev–Trinajstić information content (AvgIpc) is 2.34. The Morgan fingerprint density at radius 2 is 1.90 bits per heavy atom. The van der Waals surface area contributed by atoms with Gasteiger partial charge < -0.3 is 10.4 Å². The topological polar surface area (TPSA) is 49.3 Å². The van der Waals surface area contributed by atoms with Crippen molar-refractivity contribution in [3.63, 3.8) is 0 Å². The van der Waals surface area contributed by atoms with Crippen molar-refractivity contribution in [1.29, 1.82) is 0 Å². The van der Waals surface area contributed by atoms with Crippen LogP contribution >= 0.6 is 11.8 Å².